The van der Waals surface area contributed by atoms with Gasteiger partial charge in [0, 0.05) is 22.2 Å². The van der Waals surface area contributed by atoms with Crippen molar-refractivity contribution in [3.63, 3.8) is 0 Å². The van der Waals surface area contributed by atoms with Crippen molar-refractivity contribution in [1.82, 2.24) is 5.43 Å². The van der Waals surface area contributed by atoms with Crippen molar-refractivity contribution in [2.24, 2.45) is 5.10 Å². The molecule has 0 heterocycles. The number of carbonyl (C=O) groups is 2. The normalized spacial score (nSPS) is 10.9. The van der Waals surface area contributed by atoms with Gasteiger partial charge in [0.15, 0.2) is 0 Å². The summed E-state index contributed by atoms with van der Waals surface area (Å²) in [5.41, 5.74) is 2.41. The lowest BCUT2D eigenvalue weighted by molar-refractivity contribution is -0.385. The molecule has 0 aliphatic heterocycles. The van der Waals surface area contributed by atoms with Gasteiger partial charge in [0.25, 0.3) is 5.91 Å². The quantitative estimate of drug-likeness (QED) is 0.112. The zero-order chi connectivity index (χ0) is 24.9. The van der Waals surface area contributed by atoms with Gasteiger partial charge in [-0.3, -0.25) is 14.9 Å². The maximum Gasteiger partial charge on any atom is 0.345 e. The van der Waals surface area contributed by atoms with Gasteiger partial charge >= 0.3 is 11.7 Å². The topological polar surface area (TPSA) is 111 Å². The van der Waals surface area contributed by atoms with Crippen LogP contribution in [0.25, 0.3) is 10.8 Å². The molecule has 4 aromatic rings. The SMILES string of the molecule is O=C(Oc1c(/C=N/NC(=O)c2cccc3ccccc23)cccc1[N+](=O)[O-])c1ccc(Cl)cc1Cl. The van der Waals surface area contributed by atoms with E-state index in [1.807, 2.05) is 30.3 Å². The van der Waals surface area contributed by atoms with Crippen LogP contribution in [0.2, 0.25) is 10.0 Å². The molecule has 0 saturated carbocycles. The third-order valence-electron chi connectivity index (χ3n) is 4.97. The predicted octanol–water partition coefficient (Wildman–Crippen LogP) is 6.04. The van der Waals surface area contributed by atoms with Crippen LogP contribution in [0.1, 0.15) is 26.3 Å². The maximum absolute atomic E-state index is 12.7. The maximum atomic E-state index is 12.7. The van der Waals surface area contributed by atoms with E-state index in [1.165, 1.54) is 36.4 Å². The van der Waals surface area contributed by atoms with E-state index in [4.69, 9.17) is 27.9 Å². The number of para-hydroxylation sites is 1. The molecule has 1 amide bonds. The summed E-state index contributed by atoms with van der Waals surface area (Å²) in [5.74, 6) is -1.75. The van der Waals surface area contributed by atoms with Crippen molar-refractivity contribution < 1.29 is 19.2 Å². The van der Waals surface area contributed by atoms with Crippen molar-refractivity contribution in [3.8, 4) is 5.75 Å². The minimum Gasteiger partial charge on any atom is -0.415 e. The zero-order valence-electron chi connectivity index (χ0n) is 17.8. The Labute approximate surface area is 208 Å². The van der Waals surface area contributed by atoms with Crippen LogP contribution in [-0.4, -0.2) is 23.0 Å². The number of fused-ring (bicyclic) bond motifs is 1. The van der Waals surface area contributed by atoms with Gasteiger partial charge in [-0.05, 0) is 41.1 Å². The van der Waals surface area contributed by atoms with Crippen molar-refractivity contribution >= 4 is 57.8 Å². The number of hydrazone groups is 1. The fourth-order valence-electron chi connectivity index (χ4n) is 3.35. The Balaban J connectivity index is 1.61. The molecule has 0 spiro atoms. The van der Waals surface area contributed by atoms with Gasteiger partial charge in [-0.25, -0.2) is 10.2 Å². The number of esters is 1. The van der Waals surface area contributed by atoms with E-state index in [1.54, 1.807) is 12.1 Å². The van der Waals surface area contributed by atoms with Crippen molar-refractivity contribution in [1.29, 1.82) is 0 Å². The molecule has 8 nitrogen and oxygen atoms in total. The molecule has 35 heavy (non-hydrogen) atoms. The second kappa shape index (κ2) is 10.3. The molecule has 4 aromatic carbocycles. The summed E-state index contributed by atoms with van der Waals surface area (Å²) in [6.45, 7) is 0. The lowest BCUT2D eigenvalue weighted by Gasteiger charge is -2.09. The Morgan fingerprint density at radius 3 is 2.46 bits per heavy atom. The number of nitrogens with zero attached hydrogens (tertiary/aromatic N) is 2. The highest BCUT2D eigenvalue weighted by molar-refractivity contribution is 6.36. The highest BCUT2D eigenvalue weighted by atomic mass is 35.5. The molecule has 0 unspecified atom stereocenters. The number of halogens is 2. The van der Waals surface area contributed by atoms with Crippen LogP contribution in [0.5, 0.6) is 5.75 Å². The molecule has 0 bridgehead atoms. The summed E-state index contributed by atoms with van der Waals surface area (Å²) in [7, 11) is 0. The van der Waals surface area contributed by atoms with Crippen molar-refractivity contribution in [2.75, 3.05) is 0 Å². The molecule has 10 heteroatoms. The third kappa shape index (κ3) is 5.29. The fraction of sp³-hybridized carbons (Fsp3) is 0. The Hall–Kier alpha value is -4.27. The molecule has 0 aromatic heterocycles. The van der Waals surface area contributed by atoms with Crippen LogP contribution in [-0.2, 0) is 0 Å². The largest absolute Gasteiger partial charge is 0.415 e. The van der Waals surface area contributed by atoms with Gasteiger partial charge in [-0.2, -0.15) is 5.10 Å². The third-order valence-corrected chi connectivity index (χ3v) is 5.52. The minimum absolute atomic E-state index is 0.0265. The van der Waals surface area contributed by atoms with Gasteiger partial charge in [0.2, 0.25) is 5.75 Å². The van der Waals surface area contributed by atoms with Crippen molar-refractivity contribution in [3.05, 3.63) is 116 Å². The molecular formula is C25H15Cl2N3O5. The van der Waals surface area contributed by atoms with E-state index < -0.39 is 22.5 Å². The van der Waals surface area contributed by atoms with E-state index in [9.17, 15) is 19.7 Å². The Morgan fingerprint density at radius 2 is 1.69 bits per heavy atom. The predicted molar refractivity (Wildman–Crippen MR) is 134 cm³/mol. The van der Waals surface area contributed by atoms with Gasteiger partial charge < -0.3 is 4.74 Å². The number of hydrogen-bond acceptors (Lipinski definition) is 6. The highest BCUT2D eigenvalue weighted by Crippen LogP contribution is 2.32. The van der Waals surface area contributed by atoms with E-state index in [0.29, 0.717) is 10.6 Å². The molecule has 0 radical (unpaired) electrons. The van der Waals surface area contributed by atoms with Gasteiger partial charge in [-0.1, -0.05) is 65.7 Å². The van der Waals surface area contributed by atoms with Crippen LogP contribution in [0.4, 0.5) is 5.69 Å². The molecular weight excluding hydrogens is 493 g/mol. The van der Waals surface area contributed by atoms with Crippen LogP contribution < -0.4 is 10.2 Å². The average Bonchev–Trinajstić information content (AvgIpc) is 2.84. The number of nitro groups is 1. The summed E-state index contributed by atoms with van der Waals surface area (Å²) in [6, 6.07) is 20.8. The number of hydrogen-bond donors (Lipinski definition) is 1. The summed E-state index contributed by atoms with van der Waals surface area (Å²) < 4.78 is 5.33. The number of amides is 1. The molecule has 0 aliphatic rings. The van der Waals surface area contributed by atoms with Crippen LogP contribution >= 0.6 is 23.2 Å². The van der Waals surface area contributed by atoms with E-state index >= 15 is 0 Å². The smallest absolute Gasteiger partial charge is 0.345 e. The van der Waals surface area contributed by atoms with Crippen molar-refractivity contribution in [2.45, 2.75) is 0 Å². The zero-order valence-corrected chi connectivity index (χ0v) is 19.3. The Morgan fingerprint density at radius 1 is 0.943 bits per heavy atom. The number of benzene rings is 4. The van der Waals surface area contributed by atoms with Crippen LogP contribution in [0.15, 0.2) is 84.0 Å². The monoisotopic (exact) mass is 507 g/mol. The first-order valence-corrected chi connectivity index (χ1v) is 10.9. The number of ether oxygens (including phenoxy) is 1. The van der Waals surface area contributed by atoms with Gasteiger partial charge in [-0.15, -0.1) is 0 Å². The number of nitro benzene ring substituents is 1. The van der Waals surface area contributed by atoms with E-state index in [0.717, 1.165) is 17.0 Å². The minimum atomic E-state index is -0.921. The number of rotatable bonds is 6. The second-order valence-corrected chi connectivity index (χ2v) is 8.04. The Kier molecular flexibility index (Phi) is 7.05. The lowest BCUT2D eigenvalue weighted by atomic mass is 10.0. The number of carbonyl (C=O) groups excluding carboxylic acids is 2. The molecule has 0 aliphatic carbocycles. The van der Waals surface area contributed by atoms with E-state index in [-0.39, 0.29) is 21.9 Å². The first kappa shape index (κ1) is 23.9. The summed E-state index contributed by atoms with van der Waals surface area (Å²) in [4.78, 5) is 36.2. The average molecular weight is 508 g/mol. The summed E-state index contributed by atoms with van der Waals surface area (Å²) >= 11 is 11.9. The van der Waals surface area contributed by atoms with E-state index in [2.05, 4.69) is 10.5 Å². The molecule has 174 valence electrons. The lowest BCUT2D eigenvalue weighted by Crippen LogP contribution is -2.18. The van der Waals surface area contributed by atoms with Gasteiger partial charge in [0.05, 0.1) is 21.7 Å². The standard InChI is InChI=1S/C25H15Cl2N3O5/c26-17-11-12-20(21(27)13-17)25(32)35-23-16(7-4-10-22(23)30(33)34)14-28-29-24(31)19-9-3-6-15-5-1-2-8-18(15)19/h1-14H,(H,29,31)/b28-14+. The first-order valence-electron chi connectivity index (χ1n) is 10.1. The van der Waals surface area contributed by atoms with Crippen LogP contribution in [0.3, 0.4) is 0 Å². The molecule has 0 atom stereocenters. The highest BCUT2D eigenvalue weighted by Gasteiger charge is 2.23. The first-order chi connectivity index (χ1) is 16.8. The Bertz CT molecular complexity index is 1500. The molecule has 4 rings (SSSR count). The summed E-state index contributed by atoms with van der Waals surface area (Å²) in [5, 5.41) is 17.4. The molecule has 0 saturated heterocycles. The molecule has 1 N–H and O–H groups in total. The fourth-order valence-corrected chi connectivity index (χ4v) is 3.83. The van der Waals surface area contributed by atoms with Crippen LogP contribution in [0, 0.1) is 10.1 Å². The second-order valence-electron chi connectivity index (χ2n) is 7.19. The number of nitrogens with one attached hydrogen (secondary N) is 1. The summed E-state index contributed by atoms with van der Waals surface area (Å²) in [6.07, 6.45) is 1.15. The van der Waals surface area contributed by atoms with Gasteiger partial charge in [0.1, 0.15) is 0 Å². The molecule has 0 fully saturated rings.